The summed E-state index contributed by atoms with van der Waals surface area (Å²) in [5.74, 6) is 0.336. The molecule has 1 N–H and O–H groups in total. The Hall–Kier alpha value is -3.65. The summed E-state index contributed by atoms with van der Waals surface area (Å²) in [5, 5.41) is 6.49. The molecule has 0 spiro atoms. The molecular formula is C34H36N2. The first-order chi connectivity index (χ1) is 17.4. The lowest BCUT2D eigenvalue weighted by molar-refractivity contribution is 0.507. The first-order valence-electron chi connectivity index (χ1n) is 13.1. The Morgan fingerprint density at radius 3 is 2.50 bits per heavy atom. The van der Waals surface area contributed by atoms with Gasteiger partial charge in [0.05, 0.1) is 17.4 Å². The maximum atomic E-state index is 5.30. The highest BCUT2D eigenvalue weighted by molar-refractivity contribution is 5.95. The number of fused-ring (bicyclic) bond motifs is 1. The number of aryl methyl sites for hydroxylation is 1. The van der Waals surface area contributed by atoms with E-state index in [4.69, 9.17) is 4.98 Å². The SMILES string of the molecule is Cc1cccc(C(C)(C)C)c1NC(c1cccc(-c2cccc3ccccc23)n1)C1C=CC=CCC1. The maximum absolute atomic E-state index is 5.30. The lowest BCUT2D eigenvalue weighted by Gasteiger charge is -2.31. The zero-order valence-electron chi connectivity index (χ0n) is 21.8. The van der Waals surface area contributed by atoms with Crippen LogP contribution in [0, 0.1) is 12.8 Å². The van der Waals surface area contributed by atoms with Crippen molar-refractivity contribution < 1.29 is 0 Å². The largest absolute Gasteiger partial charge is 0.376 e. The first-order valence-corrected chi connectivity index (χ1v) is 13.1. The van der Waals surface area contributed by atoms with Crippen LogP contribution >= 0.6 is 0 Å². The molecular weight excluding hydrogens is 436 g/mol. The summed E-state index contributed by atoms with van der Waals surface area (Å²) in [7, 11) is 0. The van der Waals surface area contributed by atoms with E-state index in [1.54, 1.807) is 0 Å². The Bertz CT molecular complexity index is 1420. The van der Waals surface area contributed by atoms with Gasteiger partial charge >= 0.3 is 0 Å². The molecule has 2 heteroatoms. The quantitative estimate of drug-likeness (QED) is 0.313. The number of allylic oxidation sites excluding steroid dienone is 3. The Morgan fingerprint density at radius 2 is 1.64 bits per heavy atom. The number of pyridine rings is 1. The second-order valence-electron chi connectivity index (χ2n) is 10.9. The standard InChI is InChI=1S/C34H36N2/c1-24-14-11-21-29(34(2,3)4)32(24)36-33(26-16-7-5-6-8-17-26)31-23-13-22-30(35-31)28-20-12-18-25-15-9-10-19-27(25)28/h5-7,9-16,18-23,26,33,36H,8,17H2,1-4H3. The van der Waals surface area contributed by atoms with Crippen LogP contribution in [0.5, 0.6) is 0 Å². The van der Waals surface area contributed by atoms with E-state index in [1.807, 2.05) is 0 Å². The van der Waals surface area contributed by atoms with Crippen molar-refractivity contribution in [1.29, 1.82) is 0 Å². The van der Waals surface area contributed by atoms with Gasteiger partial charge in [0.1, 0.15) is 0 Å². The Labute approximate surface area is 215 Å². The van der Waals surface area contributed by atoms with Crippen molar-refractivity contribution in [3.05, 3.63) is 120 Å². The van der Waals surface area contributed by atoms with Crippen molar-refractivity contribution in [2.45, 2.75) is 52.0 Å². The Kier molecular flexibility index (Phi) is 6.78. The molecule has 1 aliphatic carbocycles. The second-order valence-corrected chi connectivity index (χ2v) is 10.9. The molecule has 1 heterocycles. The van der Waals surface area contributed by atoms with E-state index in [2.05, 4.69) is 136 Å². The van der Waals surface area contributed by atoms with Gasteiger partial charge in [-0.1, -0.05) is 112 Å². The van der Waals surface area contributed by atoms with Crippen LogP contribution in [0.2, 0.25) is 0 Å². The number of anilines is 1. The summed E-state index contributed by atoms with van der Waals surface area (Å²) in [4.78, 5) is 5.30. The molecule has 2 unspecified atom stereocenters. The van der Waals surface area contributed by atoms with Gasteiger partial charge in [-0.05, 0) is 59.2 Å². The monoisotopic (exact) mass is 472 g/mol. The minimum Gasteiger partial charge on any atom is -0.376 e. The molecule has 36 heavy (non-hydrogen) atoms. The van der Waals surface area contributed by atoms with Gasteiger partial charge in [-0.15, -0.1) is 0 Å². The lowest BCUT2D eigenvalue weighted by atomic mass is 9.83. The van der Waals surface area contributed by atoms with Crippen molar-refractivity contribution in [3.8, 4) is 11.3 Å². The van der Waals surface area contributed by atoms with Gasteiger partial charge in [-0.3, -0.25) is 4.98 Å². The number of para-hydroxylation sites is 1. The van der Waals surface area contributed by atoms with E-state index in [9.17, 15) is 0 Å². The normalized spacial score (nSPS) is 16.6. The summed E-state index contributed by atoms with van der Waals surface area (Å²) in [5.41, 5.74) is 7.17. The molecule has 1 aromatic heterocycles. The van der Waals surface area contributed by atoms with Crippen molar-refractivity contribution >= 4 is 16.5 Å². The van der Waals surface area contributed by atoms with Gasteiger partial charge in [0.15, 0.2) is 0 Å². The molecule has 0 radical (unpaired) electrons. The molecule has 0 amide bonds. The lowest BCUT2D eigenvalue weighted by Crippen LogP contribution is -2.24. The highest BCUT2D eigenvalue weighted by Gasteiger charge is 2.27. The smallest absolute Gasteiger partial charge is 0.0748 e. The van der Waals surface area contributed by atoms with Crippen molar-refractivity contribution in [2.75, 3.05) is 5.32 Å². The third kappa shape index (κ3) is 4.99. The minimum absolute atomic E-state index is 0.0397. The summed E-state index contributed by atoms with van der Waals surface area (Å²) in [6.45, 7) is 9.07. The van der Waals surface area contributed by atoms with Crippen LogP contribution in [0.3, 0.4) is 0 Å². The second kappa shape index (κ2) is 10.1. The van der Waals surface area contributed by atoms with Gasteiger partial charge < -0.3 is 5.32 Å². The minimum atomic E-state index is 0.0397. The molecule has 0 bridgehead atoms. The summed E-state index contributed by atoms with van der Waals surface area (Å²) in [6, 6.07) is 28.2. The molecule has 0 saturated heterocycles. The molecule has 4 aromatic rings. The average molecular weight is 473 g/mol. The summed E-state index contributed by atoms with van der Waals surface area (Å²) >= 11 is 0. The number of rotatable bonds is 5. The highest BCUT2D eigenvalue weighted by atomic mass is 15.0. The molecule has 5 rings (SSSR count). The van der Waals surface area contributed by atoms with Crippen LogP contribution in [0.1, 0.15) is 56.5 Å². The van der Waals surface area contributed by atoms with Crippen LogP contribution in [0.25, 0.3) is 22.0 Å². The first kappa shape index (κ1) is 24.1. The van der Waals surface area contributed by atoms with Crippen molar-refractivity contribution in [3.63, 3.8) is 0 Å². The predicted molar refractivity (Wildman–Crippen MR) is 154 cm³/mol. The number of hydrogen-bond donors (Lipinski definition) is 1. The number of aromatic nitrogens is 1. The third-order valence-corrected chi connectivity index (χ3v) is 7.24. The number of benzene rings is 3. The van der Waals surface area contributed by atoms with E-state index in [0.717, 1.165) is 24.2 Å². The fourth-order valence-electron chi connectivity index (χ4n) is 5.31. The van der Waals surface area contributed by atoms with Crippen LogP contribution in [-0.2, 0) is 5.41 Å². The fraction of sp³-hybridized carbons (Fsp3) is 0.265. The Balaban J connectivity index is 1.61. The van der Waals surface area contributed by atoms with E-state index in [-0.39, 0.29) is 11.5 Å². The van der Waals surface area contributed by atoms with Gasteiger partial charge in [-0.25, -0.2) is 0 Å². The van der Waals surface area contributed by atoms with E-state index >= 15 is 0 Å². The zero-order chi connectivity index (χ0) is 25.1. The molecule has 3 aromatic carbocycles. The molecule has 2 nitrogen and oxygen atoms in total. The topological polar surface area (TPSA) is 24.9 Å². The molecule has 0 aliphatic heterocycles. The van der Waals surface area contributed by atoms with Crippen molar-refractivity contribution in [2.24, 2.45) is 5.92 Å². The summed E-state index contributed by atoms with van der Waals surface area (Å²) in [6.07, 6.45) is 11.1. The number of nitrogens with one attached hydrogen (secondary N) is 1. The molecule has 0 saturated carbocycles. The highest BCUT2D eigenvalue weighted by Crippen LogP contribution is 2.38. The number of hydrogen-bond acceptors (Lipinski definition) is 2. The maximum Gasteiger partial charge on any atom is 0.0748 e. The molecule has 2 atom stereocenters. The molecule has 0 fully saturated rings. The van der Waals surface area contributed by atoms with E-state index < -0.39 is 0 Å². The van der Waals surface area contributed by atoms with Gasteiger partial charge in [0.25, 0.3) is 0 Å². The van der Waals surface area contributed by atoms with Crippen LogP contribution in [0.15, 0.2) is 103 Å². The predicted octanol–water partition coefficient (Wildman–Crippen LogP) is 9.18. The zero-order valence-corrected chi connectivity index (χ0v) is 21.8. The van der Waals surface area contributed by atoms with Gasteiger partial charge in [0.2, 0.25) is 0 Å². The Morgan fingerprint density at radius 1 is 0.861 bits per heavy atom. The molecule has 182 valence electrons. The molecule has 1 aliphatic rings. The van der Waals surface area contributed by atoms with Crippen LogP contribution < -0.4 is 5.32 Å². The van der Waals surface area contributed by atoms with Gasteiger partial charge in [-0.2, -0.15) is 0 Å². The average Bonchev–Trinajstić information content (AvgIpc) is 3.16. The third-order valence-electron chi connectivity index (χ3n) is 7.24. The number of nitrogens with zero attached hydrogens (tertiary/aromatic N) is 1. The van der Waals surface area contributed by atoms with Gasteiger partial charge in [0, 0.05) is 17.2 Å². The van der Waals surface area contributed by atoms with E-state index in [1.165, 1.54) is 33.2 Å². The van der Waals surface area contributed by atoms with Crippen molar-refractivity contribution in [1.82, 2.24) is 4.98 Å². The fourth-order valence-corrected chi connectivity index (χ4v) is 5.31. The van der Waals surface area contributed by atoms with Crippen LogP contribution in [0.4, 0.5) is 5.69 Å². The van der Waals surface area contributed by atoms with Crippen LogP contribution in [-0.4, -0.2) is 4.98 Å². The summed E-state index contributed by atoms with van der Waals surface area (Å²) < 4.78 is 0. The van der Waals surface area contributed by atoms with E-state index in [0.29, 0.717) is 5.92 Å².